The molecule has 2 atom stereocenters. The van der Waals surface area contributed by atoms with Crippen LogP contribution >= 0.6 is 7.82 Å². The summed E-state index contributed by atoms with van der Waals surface area (Å²) in [4.78, 5) is 45.3. The molecule has 0 fully saturated rings. The van der Waals surface area contributed by atoms with Crippen LogP contribution in [0.4, 0.5) is 0 Å². The highest BCUT2D eigenvalue weighted by Crippen LogP contribution is 2.43. The summed E-state index contributed by atoms with van der Waals surface area (Å²) in [6, 6.07) is 0. The van der Waals surface area contributed by atoms with Crippen molar-refractivity contribution in [1.82, 2.24) is 0 Å². The molecule has 258 valence electrons. The number of hydrogen-bond donors (Lipinski definition) is 2. The van der Waals surface area contributed by atoms with Crippen molar-refractivity contribution >= 4 is 25.7 Å². The molecule has 0 saturated heterocycles. The highest BCUT2D eigenvalue weighted by atomic mass is 31.2. The van der Waals surface area contributed by atoms with Gasteiger partial charge in [-0.15, -0.1) is 0 Å². The number of aliphatic carboxylic acids is 1. The van der Waals surface area contributed by atoms with E-state index in [-0.39, 0.29) is 32.5 Å². The third-order valence-electron chi connectivity index (χ3n) is 6.83. The normalized spacial score (nSPS) is 13.9. The first kappa shape index (κ1) is 42.2. The first-order valence-electron chi connectivity index (χ1n) is 16.5. The SMILES string of the molecule is CCCCCC/C=C\CCCCCCCC(=O)O[C@H](COC(=O)CCCCCCC(=O)O)COP(=O)(O)OCC[N+](C)(C)C. The fraction of sp³-hybridized carbons (Fsp3) is 0.844. The monoisotopic (exact) mass is 650 g/mol. The van der Waals surface area contributed by atoms with Crippen LogP contribution in [0.2, 0.25) is 0 Å². The summed E-state index contributed by atoms with van der Waals surface area (Å²) in [7, 11) is 1.35. The van der Waals surface area contributed by atoms with Crippen LogP contribution in [0.5, 0.6) is 0 Å². The molecule has 11 nitrogen and oxygen atoms in total. The van der Waals surface area contributed by atoms with Gasteiger partial charge in [0.05, 0.1) is 27.7 Å². The molecule has 0 heterocycles. The molecule has 2 N–H and O–H groups in total. The lowest BCUT2D eigenvalue weighted by Gasteiger charge is -2.24. The third kappa shape index (κ3) is 30.3. The minimum absolute atomic E-state index is 0.00147. The molecule has 0 aromatic heterocycles. The van der Waals surface area contributed by atoms with Crippen molar-refractivity contribution in [2.24, 2.45) is 0 Å². The zero-order chi connectivity index (χ0) is 33.1. The lowest BCUT2D eigenvalue weighted by Crippen LogP contribution is -2.37. The van der Waals surface area contributed by atoms with E-state index in [0.29, 0.717) is 43.1 Å². The molecule has 12 heteroatoms. The number of phosphoric ester groups is 1. The second-order valence-electron chi connectivity index (χ2n) is 12.3. The van der Waals surface area contributed by atoms with Gasteiger partial charge in [0, 0.05) is 19.3 Å². The van der Waals surface area contributed by atoms with Crippen molar-refractivity contribution in [1.29, 1.82) is 0 Å². The van der Waals surface area contributed by atoms with E-state index in [1.807, 2.05) is 21.1 Å². The predicted octanol–water partition coefficient (Wildman–Crippen LogP) is 6.96. The van der Waals surface area contributed by atoms with Crippen molar-refractivity contribution in [3.63, 3.8) is 0 Å². The maximum absolute atomic E-state index is 12.5. The molecule has 0 radical (unpaired) electrons. The smallest absolute Gasteiger partial charge is 0.472 e. The average Bonchev–Trinajstić information content (AvgIpc) is 2.93. The highest BCUT2D eigenvalue weighted by Gasteiger charge is 2.27. The van der Waals surface area contributed by atoms with Gasteiger partial charge in [-0.3, -0.25) is 23.4 Å². The van der Waals surface area contributed by atoms with E-state index in [9.17, 15) is 23.8 Å². The Labute approximate surface area is 265 Å². The number of carboxylic acid groups (broad SMARTS) is 1. The van der Waals surface area contributed by atoms with Gasteiger partial charge in [0.25, 0.3) is 0 Å². The number of rotatable bonds is 30. The van der Waals surface area contributed by atoms with Crippen molar-refractivity contribution in [2.45, 2.75) is 129 Å². The van der Waals surface area contributed by atoms with E-state index in [4.69, 9.17) is 23.6 Å². The van der Waals surface area contributed by atoms with Crippen LogP contribution in [0.3, 0.4) is 0 Å². The molecule has 0 saturated carbocycles. The van der Waals surface area contributed by atoms with Gasteiger partial charge in [0.15, 0.2) is 6.10 Å². The average molecular weight is 651 g/mol. The van der Waals surface area contributed by atoms with E-state index in [1.54, 1.807) is 0 Å². The van der Waals surface area contributed by atoms with Crippen LogP contribution in [0.1, 0.15) is 122 Å². The Morgan fingerprint density at radius 2 is 1.25 bits per heavy atom. The molecule has 0 aromatic rings. The molecular formula is C32H61NO10P+. The van der Waals surface area contributed by atoms with E-state index < -0.39 is 38.4 Å². The van der Waals surface area contributed by atoms with Gasteiger partial charge in [-0.05, 0) is 44.9 Å². The van der Waals surface area contributed by atoms with E-state index in [2.05, 4.69) is 19.1 Å². The Balaban J connectivity index is 4.50. The number of carbonyl (C=O) groups is 3. The number of nitrogens with zero attached hydrogens (tertiary/aromatic N) is 1. The van der Waals surface area contributed by atoms with E-state index >= 15 is 0 Å². The number of carboxylic acids is 1. The van der Waals surface area contributed by atoms with Gasteiger partial charge in [-0.1, -0.05) is 70.4 Å². The second-order valence-corrected chi connectivity index (χ2v) is 13.8. The quantitative estimate of drug-likeness (QED) is 0.0275. The highest BCUT2D eigenvalue weighted by molar-refractivity contribution is 7.47. The maximum atomic E-state index is 12.5. The molecule has 0 aliphatic heterocycles. The Hall–Kier alpha value is -1.78. The Morgan fingerprint density at radius 3 is 1.82 bits per heavy atom. The summed E-state index contributed by atoms with van der Waals surface area (Å²) >= 11 is 0. The second kappa shape index (κ2) is 26.4. The Bertz CT molecular complexity index is 843. The van der Waals surface area contributed by atoms with Crippen LogP contribution in [0.15, 0.2) is 12.2 Å². The fourth-order valence-electron chi connectivity index (χ4n) is 4.15. The minimum Gasteiger partial charge on any atom is -0.481 e. The summed E-state index contributed by atoms with van der Waals surface area (Å²) in [6.07, 6.45) is 18.6. The van der Waals surface area contributed by atoms with Crippen LogP contribution in [0, 0.1) is 0 Å². The van der Waals surface area contributed by atoms with Gasteiger partial charge in [0.2, 0.25) is 0 Å². The predicted molar refractivity (Wildman–Crippen MR) is 171 cm³/mol. The van der Waals surface area contributed by atoms with Crippen LogP contribution in [0.25, 0.3) is 0 Å². The third-order valence-corrected chi connectivity index (χ3v) is 7.82. The number of phosphoric acid groups is 1. The lowest BCUT2D eigenvalue weighted by molar-refractivity contribution is -0.870. The molecule has 0 amide bonds. The Morgan fingerprint density at radius 1 is 0.727 bits per heavy atom. The molecular weight excluding hydrogens is 589 g/mol. The van der Waals surface area contributed by atoms with Crippen molar-refractivity contribution in [3.8, 4) is 0 Å². The number of likely N-dealkylation sites (N-methyl/N-ethyl adjacent to an activating group) is 1. The molecule has 0 rings (SSSR count). The molecule has 1 unspecified atom stereocenters. The first-order chi connectivity index (χ1) is 20.8. The van der Waals surface area contributed by atoms with Crippen molar-refractivity contribution < 1.29 is 52.0 Å². The Kier molecular flexibility index (Phi) is 25.4. The molecule has 0 aliphatic rings. The summed E-state index contributed by atoms with van der Waals surface area (Å²) in [5, 5.41) is 8.69. The van der Waals surface area contributed by atoms with Crippen LogP contribution in [-0.4, -0.2) is 86.0 Å². The standard InChI is InChI=1S/C32H60NO10P/c1-5-6-7-8-9-10-11-12-13-14-15-16-21-24-32(37)43-29(28-42-44(38,39)41-26-25-33(2,3)4)27-40-31(36)23-20-18-17-19-22-30(34)35/h10-11,29H,5-9,12-28H2,1-4H3,(H-,34,35,38,39)/p+1/b11-10-/t29-/m1/s1. The first-order valence-corrected chi connectivity index (χ1v) is 18.0. The maximum Gasteiger partial charge on any atom is 0.472 e. The van der Waals surface area contributed by atoms with Crippen LogP contribution in [-0.2, 0) is 37.5 Å². The summed E-state index contributed by atoms with van der Waals surface area (Å²) in [6.45, 7) is 1.93. The number of hydrogen-bond acceptors (Lipinski definition) is 8. The van der Waals surface area contributed by atoms with Gasteiger partial charge in [-0.2, -0.15) is 0 Å². The van der Waals surface area contributed by atoms with Crippen LogP contribution < -0.4 is 0 Å². The lowest BCUT2D eigenvalue weighted by atomic mass is 10.1. The topological polar surface area (TPSA) is 146 Å². The fourth-order valence-corrected chi connectivity index (χ4v) is 4.89. The summed E-state index contributed by atoms with van der Waals surface area (Å²) in [5.41, 5.74) is 0. The van der Waals surface area contributed by atoms with Crippen molar-refractivity contribution in [2.75, 3.05) is 47.5 Å². The molecule has 44 heavy (non-hydrogen) atoms. The summed E-state index contributed by atoms with van der Waals surface area (Å²) in [5.74, 6) is -1.83. The number of carbonyl (C=O) groups excluding carboxylic acids is 2. The molecule has 0 spiro atoms. The molecule has 0 aliphatic carbocycles. The minimum atomic E-state index is -4.40. The number of allylic oxidation sites excluding steroid dienone is 2. The zero-order valence-corrected chi connectivity index (χ0v) is 28.7. The number of quaternary nitrogens is 1. The van der Waals surface area contributed by atoms with Gasteiger partial charge in [-0.25, -0.2) is 4.57 Å². The van der Waals surface area contributed by atoms with Gasteiger partial charge in [0.1, 0.15) is 19.8 Å². The van der Waals surface area contributed by atoms with Gasteiger partial charge < -0.3 is 24.0 Å². The number of ether oxygens (including phenoxy) is 2. The zero-order valence-electron chi connectivity index (χ0n) is 27.8. The number of esters is 2. The van der Waals surface area contributed by atoms with Gasteiger partial charge >= 0.3 is 25.7 Å². The largest absolute Gasteiger partial charge is 0.481 e. The van der Waals surface area contributed by atoms with E-state index in [1.165, 1.54) is 25.7 Å². The number of unbranched alkanes of at least 4 members (excludes halogenated alkanes) is 12. The molecule has 0 aromatic carbocycles. The van der Waals surface area contributed by atoms with Crippen molar-refractivity contribution in [3.05, 3.63) is 12.2 Å². The molecule has 0 bridgehead atoms. The van der Waals surface area contributed by atoms with E-state index in [0.717, 1.165) is 38.5 Å². The summed E-state index contributed by atoms with van der Waals surface area (Å²) < 4.78 is 33.6.